The van der Waals surface area contributed by atoms with Crippen molar-refractivity contribution in [2.24, 2.45) is 0 Å². The number of thiocarbonyl (C=S) groups is 1. The van der Waals surface area contributed by atoms with Gasteiger partial charge in [-0.15, -0.1) is 0 Å². The molecule has 0 heterocycles. The molecule has 130 valence electrons. The Hall–Kier alpha value is -1.07. The number of aryl methyl sites for hydroxylation is 1. The standard InChI is InChI=1S/C24H22OS.K/c1-3-20-15-22(16-23(17(2)26)24(20)25)21-13-11-19(12-14-21)10-9-18-7-5-4-6-8-18;/h4-16,25H,3H2,1-2H3;/q;+1/p-1/b10-9+;. The fourth-order valence-corrected chi connectivity index (χ4v) is 3.07. The second-order valence-corrected chi connectivity index (χ2v) is 6.90. The smallest absolute Gasteiger partial charge is 0.872 e. The van der Waals surface area contributed by atoms with Gasteiger partial charge in [0.1, 0.15) is 0 Å². The molecule has 0 aliphatic carbocycles. The van der Waals surface area contributed by atoms with Crippen LogP contribution in [0, 0.1) is 0 Å². The molecule has 3 aromatic carbocycles. The number of rotatable bonds is 5. The summed E-state index contributed by atoms with van der Waals surface area (Å²) in [6.45, 7) is 3.81. The van der Waals surface area contributed by atoms with E-state index >= 15 is 0 Å². The molecule has 0 N–H and O–H groups in total. The normalized spacial score (nSPS) is 10.6. The van der Waals surface area contributed by atoms with Crippen LogP contribution in [0.25, 0.3) is 23.3 Å². The predicted octanol–water partition coefficient (Wildman–Crippen LogP) is 2.90. The van der Waals surface area contributed by atoms with E-state index in [-0.39, 0.29) is 57.1 Å². The predicted molar refractivity (Wildman–Crippen MR) is 113 cm³/mol. The molecule has 0 aromatic heterocycles. The van der Waals surface area contributed by atoms with Crippen molar-refractivity contribution in [2.75, 3.05) is 0 Å². The minimum absolute atomic E-state index is 0. The van der Waals surface area contributed by atoms with Crippen molar-refractivity contribution in [1.29, 1.82) is 0 Å². The zero-order valence-corrected chi connectivity index (χ0v) is 20.0. The van der Waals surface area contributed by atoms with Crippen molar-refractivity contribution in [3.05, 3.63) is 89.0 Å². The fraction of sp³-hybridized carbons (Fsp3) is 0.125. The Balaban J connectivity index is 0.00000261. The van der Waals surface area contributed by atoms with E-state index in [1.165, 1.54) is 5.56 Å². The zero-order valence-electron chi connectivity index (χ0n) is 16.0. The zero-order chi connectivity index (χ0) is 18.5. The minimum Gasteiger partial charge on any atom is -0.872 e. The van der Waals surface area contributed by atoms with Crippen molar-refractivity contribution in [2.45, 2.75) is 20.3 Å². The molecule has 0 fully saturated rings. The summed E-state index contributed by atoms with van der Waals surface area (Å²) in [4.78, 5) is 0.647. The molecule has 0 spiro atoms. The summed E-state index contributed by atoms with van der Waals surface area (Å²) < 4.78 is 0. The Bertz CT molecular complexity index is 944. The van der Waals surface area contributed by atoms with Crippen molar-refractivity contribution >= 4 is 29.2 Å². The quantitative estimate of drug-likeness (QED) is 0.286. The Morgan fingerprint density at radius 2 is 1.48 bits per heavy atom. The minimum atomic E-state index is 0. The summed E-state index contributed by atoms with van der Waals surface area (Å²) >= 11 is 5.26. The number of benzene rings is 3. The van der Waals surface area contributed by atoms with E-state index in [1.807, 2.05) is 44.2 Å². The molecule has 3 heteroatoms. The van der Waals surface area contributed by atoms with E-state index in [0.29, 0.717) is 16.8 Å². The van der Waals surface area contributed by atoms with Crippen LogP contribution in [0.1, 0.15) is 36.1 Å². The van der Waals surface area contributed by atoms with Gasteiger partial charge in [0.15, 0.2) is 0 Å². The van der Waals surface area contributed by atoms with Crippen LogP contribution in [-0.2, 0) is 6.42 Å². The molecule has 0 bridgehead atoms. The van der Waals surface area contributed by atoms with Crippen LogP contribution in [-0.4, -0.2) is 4.86 Å². The van der Waals surface area contributed by atoms with Crippen LogP contribution < -0.4 is 56.5 Å². The van der Waals surface area contributed by atoms with Crippen molar-refractivity contribution in [3.63, 3.8) is 0 Å². The topological polar surface area (TPSA) is 23.1 Å². The van der Waals surface area contributed by atoms with Crippen LogP contribution in [0.5, 0.6) is 5.75 Å². The number of hydrogen-bond acceptors (Lipinski definition) is 2. The Morgan fingerprint density at radius 1 is 0.889 bits per heavy atom. The molecular weight excluding hydrogens is 375 g/mol. The van der Waals surface area contributed by atoms with Gasteiger partial charge >= 0.3 is 51.4 Å². The Kier molecular flexibility index (Phi) is 8.61. The second-order valence-electron chi connectivity index (χ2n) is 6.29. The Morgan fingerprint density at radius 3 is 2.04 bits per heavy atom. The summed E-state index contributed by atoms with van der Waals surface area (Å²) in [5, 5.41) is 12.4. The maximum absolute atomic E-state index is 12.4. The molecule has 3 aromatic rings. The van der Waals surface area contributed by atoms with Gasteiger partial charge in [0, 0.05) is 4.86 Å². The van der Waals surface area contributed by atoms with Crippen LogP contribution in [0.4, 0.5) is 0 Å². The third-order valence-electron chi connectivity index (χ3n) is 4.44. The molecule has 3 rings (SSSR count). The summed E-state index contributed by atoms with van der Waals surface area (Å²) in [6, 6.07) is 22.5. The summed E-state index contributed by atoms with van der Waals surface area (Å²) in [5.74, 6) is 0.0613. The first-order valence-electron chi connectivity index (χ1n) is 8.77. The van der Waals surface area contributed by atoms with Gasteiger partial charge in [-0.2, -0.15) is 0 Å². The van der Waals surface area contributed by atoms with Crippen LogP contribution in [0.15, 0.2) is 66.7 Å². The first kappa shape index (κ1) is 22.2. The SMILES string of the molecule is CCc1cc(-c2ccc(/C=C/c3ccccc3)cc2)cc(C(C)=S)c1[O-].[K+]. The van der Waals surface area contributed by atoms with Gasteiger partial charge in [-0.05, 0) is 47.2 Å². The van der Waals surface area contributed by atoms with E-state index in [0.717, 1.165) is 22.3 Å². The molecule has 0 aliphatic rings. The van der Waals surface area contributed by atoms with E-state index < -0.39 is 0 Å². The van der Waals surface area contributed by atoms with Crippen LogP contribution in [0.2, 0.25) is 0 Å². The van der Waals surface area contributed by atoms with Crippen LogP contribution in [0.3, 0.4) is 0 Å². The number of hydrogen-bond donors (Lipinski definition) is 0. The molecule has 27 heavy (non-hydrogen) atoms. The van der Waals surface area contributed by atoms with Gasteiger partial charge in [-0.25, -0.2) is 0 Å². The Labute approximate surface area is 209 Å². The van der Waals surface area contributed by atoms with Gasteiger partial charge < -0.3 is 5.11 Å². The average molecular weight is 397 g/mol. The molecule has 0 radical (unpaired) electrons. The van der Waals surface area contributed by atoms with Gasteiger partial charge in [-0.3, -0.25) is 0 Å². The molecule has 1 nitrogen and oxygen atoms in total. The summed E-state index contributed by atoms with van der Waals surface area (Å²) in [7, 11) is 0. The molecule has 0 amide bonds. The first-order valence-corrected chi connectivity index (χ1v) is 9.17. The van der Waals surface area contributed by atoms with E-state index in [1.54, 1.807) is 0 Å². The molecule has 0 saturated carbocycles. The molecule has 0 saturated heterocycles. The molecular formula is C24H21KOS. The average Bonchev–Trinajstić information content (AvgIpc) is 2.67. The monoisotopic (exact) mass is 396 g/mol. The second kappa shape index (κ2) is 10.5. The summed E-state index contributed by atoms with van der Waals surface area (Å²) in [5.41, 5.74) is 5.90. The summed E-state index contributed by atoms with van der Waals surface area (Å²) in [6.07, 6.45) is 4.91. The molecule has 0 aliphatic heterocycles. The maximum atomic E-state index is 12.4. The van der Waals surface area contributed by atoms with Crippen molar-refractivity contribution in [3.8, 4) is 16.9 Å². The largest absolute Gasteiger partial charge is 1.00 e. The van der Waals surface area contributed by atoms with Gasteiger partial charge in [-0.1, -0.05) is 103 Å². The molecule has 0 atom stereocenters. The maximum Gasteiger partial charge on any atom is 1.00 e. The van der Waals surface area contributed by atoms with Crippen molar-refractivity contribution < 1.29 is 56.5 Å². The first-order chi connectivity index (χ1) is 12.6. The van der Waals surface area contributed by atoms with Gasteiger partial charge in [0.2, 0.25) is 0 Å². The third kappa shape index (κ3) is 5.70. The van der Waals surface area contributed by atoms with E-state index in [2.05, 4.69) is 48.6 Å². The van der Waals surface area contributed by atoms with Crippen molar-refractivity contribution in [1.82, 2.24) is 0 Å². The van der Waals surface area contributed by atoms with E-state index in [4.69, 9.17) is 12.2 Å². The molecule has 0 unspecified atom stereocenters. The fourth-order valence-electron chi connectivity index (χ4n) is 2.92. The van der Waals surface area contributed by atoms with Gasteiger partial charge in [0.05, 0.1) is 0 Å². The third-order valence-corrected chi connectivity index (χ3v) is 4.66. The van der Waals surface area contributed by atoms with Gasteiger partial charge in [0.25, 0.3) is 0 Å². The van der Waals surface area contributed by atoms with Crippen LogP contribution >= 0.6 is 12.2 Å². The van der Waals surface area contributed by atoms with E-state index in [9.17, 15) is 5.11 Å².